The fraction of sp³-hybridized carbons (Fsp3) is 0.333. The zero-order valence-corrected chi connectivity index (χ0v) is 20.9. The highest BCUT2D eigenvalue weighted by Crippen LogP contribution is 2.26. The smallest absolute Gasteiger partial charge is 0.322 e. The molecule has 0 aliphatic rings. The highest BCUT2D eigenvalue weighted by molar-refractivity contribution is 5.93. The number of ether oxygens (including phenoxy) is 2. The summed E-state index contributed by atoms with van der Waals surface area (Å²) in [6.07, 6.45) is 0. The van der Waals surface area contributed by atoms with Crippen LogP contribution in [0, 0.1) is 6.92 Å². The van der Waals surface area contributed by atoms with Crippen molar-refractivity contribution >= 4 is 17.6 Å². The molecule has 0 fully saturated rings. The van der Waals surface area contributed by atoms with Crippen LogP contribution in [-0.4, -0.2) is 48.5 Å². The van der Waals surface area contributed by atoms with Crippen LogP contribution in [0.1, 0.15) is 30.9 Å². The minimum absolute atomic E-state index is 0.0862. The first-order valence-electron chi connectivity index (χ1n) is 11.5. The first kappa shape index (κ1) is 25.7. The van der Waals surface area contributed by atoms with Gasteiger partial charge in [-0.1, -0.05) is 30.3 Å². The van der Waals surface area contributed by atoms with Crippen molar-refractivity contribution in [2.24, 2.45) is 0 Å². The van der Waals surface area contributed by atoms with Crippen LogP contribution < -0.4 is 14.8 Å². The molecule has 186 valence electrons. The minimum Gasteiger partial charge on any atom is -0.497 e. The van der Waals surface area contributed by atoms with E-state index in [0.29, 0.717) is 36.0 Å². The number of furan rings is 1. The van der Waals surface area contributed by atoms with Gasteiger partial charge in [-0.3, -0.25) is 4.79 Å². The van der Waals surface area contributed by atoms with Gasteiger partial charge in [0.1, 0.15) is 29.6 Å². The van der Waals surface area contributed by atoms with E-state index < -0.39 is 6.03 Å². The summed E-state index contributed by atoms with van der Waals surface area (Å²) in [6, 6.07) is 18.0. The van der Waals surface area contributed by atoms with Crippen molar-refractivity contribution in [1.82, 2.24) is 9.80 Å². The summed E-state index contributed by atoms with van der Waals surface area (Å²) in [4.78, 5) is 29.8. The van der Waals surface area contributed by atoms with E-state index in [1.54, 1.807) is 37.3 Å². The fourth-order valence-corrected chi connectivity index (χ4v) is 3.60. The second-order valence-electron chi connectivity index (χ2n) is 8.50. The van der Waals surface area contributed by atoms with Gasteiger partial charge in [0.25, 0.3) is 0 Å². The Morgan fingerprint density at radius 3 is 2.14 bits per heavy atom. The lowest BCUT2D eigenvalue weighted by molar-refractivity contribution is -0.133. The van der Waals surface area contributed by atoms with Crippen molar-refractivity contribution in [2.45, 2.75) is 39.9 Å². The van der Waals surface area contributed by atoms with E-state index in [9.17, 15) is 9.59 Å². The molecule has 0 spiro atoms. The quantitative estimate of drug-likeness (QED) is 0.439. The third kappa shape index (κ3) is 7.27. The summed E-state index contributed by atoms with van der Waals surface area (Å²) in [7, 11) is 3.09. The third-order valence-electron chi connectivity index (χ3n) is 5.50. The number of benzene rings is 2. The first-order valence-corrected chi connectivity index (χ1v) is 11.5. The second kappa shape index (κ2) is 12.0. The van der Waals surface area contributed by atoms with E-state index in [1.807, 2.05) is 63.2 Å². The Morgan fingerprint density at radius 1 is 0.943 bits per heavy atom. The standard InChI is InChI=1S/C27H33N3O5/c1-19(2)30(27(32)28-22-13-24(33-4)15-25(14-22)34-5)18-26(31)29(16-21-9-7-6-8-10-21)17-23-12-11-20(3)35-23/h6-15,19H,16-18H2,1-5H3,(H,28,32). The van der Waals surface area contributed by atoms with Gasteiger partial charge in [-0.05, 0) is 38.5 Å². The molecule has 3 amide bonds. The normalized spacial score (nSPS) is 10.7. The van der Waals surface area contributed by atoms with Crippen LogP contribution in [0.2, 0.25) is 0 Å². The molecule has 1 N–H and O–H groups in total. The van der Waals surface area contributed by atoms with Gasteiger partial charge in [0, 0.05) is 36.5 Å². The number of aryl methyl sites for hydroxylation is 1. The molecule has 0 saturated carbocycles. The molecule has 0 bridgehead atoms. The van der Waals surface area contributed by atoms with Crippen LogP contribution in [0.5, 0.6) is 11.5 Å². The molecular weight excluding hydrogens is 446 g/mol. The molecule has 35 heavy (non-hydrogen) atoms. The average Bonchev–Trinajstić information content (AvgIpc) is 3.26. The van der Waals surface area contributed by atoms with Crippen molar-refractivity contribution in [3.05, 3.63) is 77.7 Å². The van der Waals surface area contributed by atoms with Crippen LogP contribution in [-0.2, 0) is 17.9 Å². The molecule has 8 nitrogen and oxygen atoms in total. The van der Waals surface area contributed by atoms with Crippen molar-refractivity contribution < 1.29 is 23.5 Å². The Bertz CT molecular complexity index is 1100. The maximum Gasteiger partial charge on any atom is 0.322 e. The second-order valence-corrected chi connectivity index (χ2v) is 8.50. The SMILES string of the molecule is COc1cc(NC(=O)N(CC(=O)N(Cc2ccccc2)Cc2ccc(C)o2)C(C)C)cc(OC)c1. The summed E-state index contributed by atoms with van der Waals surface area (Å²) in [5.74, 6) is 2.39. The van der Waals surface area contributed by atoms with Gasteiger partial charge in [0.2, 0.25) is 5.91 Å². The fourth-order valence-electron chi connectivity index (χ4n) is 3.60. The molecule has 0 radical (unpaired) electrons. The van der Waals surface area contributed by atoms with Gasteiger partial charge in [-0.15, -0.1) is 0 Å². The van der Waals surface area contributed by atoms with Gasteiger partial charge in [0.05, 0.1) is 20.8 Å². The lowest BCUT2D eigenvalue weighted by Crippen LogP contribution is -2.47. The summed E-state index contributed by atoms with van der Waals surface area (Å²) < 4.78 is 16.3. The predicted molar refractivity (Wildman–Crippen MR) is 135 cm³/mol. The first-order chi connectivity index (χ1) is 16.8. The number of carbonyl (C=O) groups is 2. The van der Waals surface area contributed by atoms with Crippen LogP contribution >= 0.6 is 0 Å². The Kier molecular flexibility index (Phi) is 8.78. The molecular formula is C27H33N3O5. The van der Waals surface area contributed by atoms with E-state index >= 15 is 0 Å². The Balaban J connectivity index is 1.77. The number of hydrogen-bond donors (Lipinski definition) is 1. The van der Waals surface area contributed by atoms with E-state index in [0.717, 1.165) is 11.3 Å². The number of hydrogen-bond acceptors (Lipinski definition) is 5. The Labute approximate surface area is 206 Å². The van der Waals surface area contributed by atoms with Gasteiger partial charge < -0.3 is 29.0 Å². The molecule has 0 unspecified atom stereocenters. The average molecular weight is 480 g/mol. The largest absolute Gasteiger partial charge is 0.497 e. The van der Waals surface area contributed by atoms with Crippen LogP contribution in [0.15, 0.2) is 65.1 Å². The van der Waals surface area contributed by atoms with E-state index in [-0.39, 0.29) is 18.5 Å². The zero-order valence-electron chi connectivity index (χ0n) is 20.9. The minimum atomic E-state index is -0.392. The molecule has 0 aliphatic heterocycles. The molecule has 1 heterocycles. The number of nitrogens with zero attached hydrogens (tertiary/aromatic N) is 2. The van der Waals surface area contributed by atoms with Crippen LogP contribution in [0.4, 0.5) is 10.5 Å². The summed E-state index contributed by atoms with van der Waals surface area (Å²) in [5, 5.41) is 2.86. The van der Waals surface area contributed by atoms with Gasteiger partial charge in [-0.25, -0.2) is 4.79 Å². The molecule has 1 aromatic heterocycles. The van der Waals surface area contributed by atoms with E-state index in [1.165, 1.54) is 4.90 Å². The highest BCUT2D eigenvalue weighted by atomic mass is 16.5. The number of carbonyl (C=O) groups excluding carboxylic acids is 2. The lowest BCUT2D eigenvalue weighted by atomic mass is 10.2. The summed E-state index contributed by atoms with van der Waals surface area (Å²) in [6.45, 7) is 6.23. The predicted octanol–water partition coefficient (Wildman–Crippen LogP) is 5.08. The zero-order chi connectivity index (χ0) is 25.4. The maximum atomic E-state index is 13.5. The number of anilines is 1. The molecule has 0 atom stereocenters. The topological polar surface area (TPSA) is 84.3 Å². The van der Waals surface area contributed by atoms with Crippen molar-refractivity contribution in [3.8, 4) is 11.5 Å². The van der Waals surface area contributed by atoms with Crippen LogP contribution in [0.3, 0.4) is 0 Å². The molecule has 0 aliphatic carbocycles. The number of urea groups is 1. The Morgan fingerprint density at radius 2 is 1.60 bits per heavy atom. The molecule has 8 heteroatoms. The van der Waals surface area contributed by atoms with Crippen molar-refractivity contribution in [2.75, 3.05) is 26.1 Å². The molecule has 0 saturated heterocycles. The molecule has 3 aromatic rings. The van der Waals surface area contributed by atoms with Gasteiger partial charge >= 0.3 is 6.03 Å². The molecule has 3 rings (SSSR count). The summed E-state index contributed by atoms with van der Waals surface area (Å²) >= 11 is 0. The summed E-state index contributed by atoms with van der Waals surface area (Å²) in [5.41, 5.74) is 1.50. The van der Waals surface area contributed by atoms with E-state index in [2.05, 4.69) is 5.32 Å². The third-order valence-corrected chi connectivity index (χ3v) is 5.50. The Hall–Kier alpha value is -3.94. The molecule has 2 aromatic carbocycles. The van der Waals surface area contributed by atoms with Crippen molar-refractivity contribution in [3.63, 3.8) is 0 Å². The number of methoxy groups -OCH3 is 2. The lowest BCUT2D eigenvalue weighted by Gasteiger charge is -2.30. The highest BCUT2D eigenvalue weighted by Gasteiger charge is 2.25. The number of amides is 3. The number of rotatable bonds is 10. The maximum absolute atomic E-state index is 13.5. The van der Waals surface area contributed by atoms with Gasteiger partial charge in [-0.2, -0.15) is 0 Å². The monoisotopic (exact) mass is 479 g/mol. The van der Waals surface area contributed by atoms with Gasteiger partial charge in [0.15, 0.2) is 0 Å². The van der Waals surface area contributed by atoms with Crippen molar-refractivity contribution in [1.29, 1.82) is 0 Å². The van der Waals surface area contributed by atoms with E-state index in [4.69, 9.17) is 13.9 Å². The number of nitrogens with one attached hydrogen (secondary N) is 1. The van der Waals surface area contributed by atoms with Crippen LogP contribution in [0.25, 0.3) is 0 Å².